The molecule has 0 aromatic heterocycles. The van der Waals surface area contributed by atoms with E-state index in [-0.39, 0.29) is 0 Å². The molecule has 0 aliphatic rings. The molecular formula is C8H10N2O. The number of hydrogen-bond acceptors (Lipinski definition) is 2. The summed E-state index contributed by atoms with van der Waals surface area (Å²) >= 11 is 0. The molecule has 1 rings (SSSR count). The highest BCUT2D eigenvalue weighted by molar-refractivity contribution is 5.76. The van der Waals surface area contributed by atoms with Gasteiger partial charge in [-0.25, -0.2) is 0 Å². The Morgan fingerprint density at radius 2 is 2.27 bits per heavy atom. The van der Waals surface area contributed by atoms with Crippen molar-refractivity contribution in [1.82, 2.24) is 0 Å². The molecule has 0 aliphatic heterocycles. The Kier molecular flexibility index (Phi) is 2.11. The molecule has 0 unspecified atom stereocenters. The summed E-state index contributed by atoms with van der Waals surface area (Å²) in [5.74, 6) is 0. The van der Waals surface area contributed by atoms with Crippen LogP contribution in [0.1, 0.15) is 5.56 Å². The van der Waals surface area contributed by atoms with E-state index >= 15 is 0 Å². The zero-order valence-corrected chi connectivity index (χ0v) is 6.29. The van der Waals surface area contributed by atoms with Crippen LogP contribution in [-0.4, -0.2) is 6.41 Å². The summed E-state index contributed by atoms with van der Waals surface area (Å²) in [5.41, 5.74) is 7.95. The number of carbonyl (C=O) groups excluding carboxylic acids is 1. The first kappa shape index (κ1) is 7.60. The predicted octanol–water partition coefficient (Wildman–Crippen LogP) is 1.15. The molecule has 0 aliphatic carbocycles. The summed E-state index contributed by atoms with van der Waals surface area (Å²) in [7, 11) is 0. The highest BCUT2D eigenvalue weighted by Crippen LogP contribution is 2.19. The lowest BCUT2D eigenvalue weighted by Crippen LogP contribution is -1.98. The molecule has 0 saturated carbocycles. The number of anilines is 2. The standard InChI is InChI=1S/C8H10N2O/c1-6-7(9)3-2-4-8(6)10-5-11/h2-5H,9H2,1H3,(H,10,11). The molecule has 1 aromatic rings. The molecule has 1 amide bonds. The van der Waals surface area contributed by atoms with Crippen molar-refractivity contribution in [2.45, 2.75) is 6.92 Å². The molecule has 0 fully saturated rings. The number of nitrogens with one attached hydrogen (secondary N) is 1. The first-order chi connectivity index (χ1) is 5.25. The van der Waals surface area contributed by atoms with Gasteiger partial charge in [0.05, 0.1) is 0 Å². The van der Waals surface area contributed by atoms with Crippen LogP contribution in [0.25, 0.3) is 0 Å². The van der Waals surface area contributed by atoms with Crippen molar-refractivity contribution >= 4 is 17.8 Å². The van der Waals surface area contributed by atoms with Gasteiger partial charge in [0.15, 0.2) is 0 Å². The number of carbonyl (C=O) groups is 1. The van der Waals surface area contributed by atoms with Crippen molar-refractivity contribution in [3.63, 3.8) is 0 Å². The zero-order valence-electron chi connectivity index (χ0n) is 6.29. The van der Waals surface area contributed by atoms with Gasteiger partial charge in [0, 0.05) is 11.4 Å². The zero-order chi connectivity index (χ0) is 8.27. The van der Waals surface area contributed by atoms with Crippen molar-refractivity contribution in [2.75, 3.05) is 11.1 Å². The topological polar surface area (TPSA) is 55.1 Å². The Balaban J connectivity index is 3.05. The van der Waals surface area contributed by atoms with E-state index in [1.54, 1.807) is 18.2 Å². The van der Waals surface area contributed by atoms with Crippen molar-refractivity contribution in [3.05, 3.63) is 23.8 Å². The van der Waals surface area contributed by atoms with Gasteiger partial charge in [-0.2, -0.15) is 0 Å². The van der Waals surface area contributed by atoms with Crippen LogP contribution in [0.4, 0.5) is 11.4 Å². The number of benzene rings is 1. The minimum atomic E-state index is 0.641. The Morgan fingerprint density at radius 3 is 2.91 bits per heavy atom. The van der Waals surface area contributed by atoms with Crippen LogP contribution >= 0.6 is 0 Å². The van der Waals surface area contributed by atoms with Gasteiger partial charge in [-0.15, -0.1) is 0 Å². The Labute approximate surface area is 65.2 Å². The van der Waals surface area contributed by atoms with Crippen LogP contribution in [-0.2, 0) is 4.79 Å². The minimum Gasteiger partial charge on any atom is -0.398 e. The van der Waals surface area contributed by atoms with Gasteiger partial charge in [-0.05, 0) is 24.6 Å². The smallest absolute Gasteiger partial charge is 0.211 e. The normalized spacial score (nSPS) is 9.18. The number of hydrogen-bond donors (Lipinski definition) is 2. The van der Waals surface area contributed by atoms with Crippen LogP contribution in [0.2, 0.25) is 0 Å². The Bertz CT molecular complexity index is 271. The second-order valence-corrected chi connectivity index (χ2v) is 2.28. The minimum absolute atomic E-state index is 0.641. The second kappa shape index (κ2) is 3.05. The lowest BCUT2D eigenvalue weighted by atomic mass is 10.1. The molecule has 0 radical (unpaired) electrons. The SMILES string of the molecule is Cc1c(N)cccc1NC=O. The lowest BCUT2D eigenvalue weighted by Gasteiger charge is -2.05. The van der Waals surface area contributed by atoms with Gasteiger partial charge >= 0.3 is 0 Å². The molecule has 3 heteroatoms. The van der Waals surface area contributed by atoms with E-state index in [0.717, 1.165) is 11.3 Å². The molecule has 1 aromatic carbocycles. The fourth-order valence-electron chi connectivity index (χ4n) is 0.873. The van der Waals surface area contributed by atoms with E-state index < -0.39 is 0 Å². The molecule has 3 N–H and O–H groups in total. The van der Waals surface area contributed by atoms with E-state index in [9.17, 15) is 4.79 Å². The van der Waals surface area contributed by atoms with Crippen molar-refractivity contribution in [3.8, 4) is 0 Å². The Hall–Kier alpha value is -1.51. The summed E-state index contributed by atoms with van der Waals surface area (Å²) in [6.07, 6.45) is 0.641. The van der Waals surface area contributed by atoms with Crippen molar-refractivity contribution in [2.24, 2.45) is 0 Å². The Morgan fingerprint density at radius 1 is 1.55 bits per heavy atom. The van der Waals surface area contributed by atoms with Gasteiger partial charge in [0.25, 0.3) is 0 Å². The van der Waals surface area contributed by atoms with E-state index in [1.807, 2.05) is 6.92 Å². The van der Waals surface area contributed by atoms with Crippen LogP contribution in [0.5, 0.6) is 0 Å². The fraction of sp³-hybridized carbons (Fsp3) is 0.125. The second-order valence-electron chi connectivity index (χ2n) is 2.28. The van der Waals surface area contributed by atoms with Crippen molar-refractivity contribution < 1.29 is 4.79 Å². The highest BCUT2D eigenvalue weighted by atomic mass is 16.1. The van der Waals surface area contributed by atoms with Crippen LogP contribution in [0.3, 0.4) is 0 Å². The first-order valence-electron chi connectivity index (χ1n) is 3.31. The number of nitrogens with two attached hydrogens (primary N) is 1. The van der Waals surface area contributed by atoms with E-state index in [4.69, 9.17) is 5.73 Å². The molecule has 3 nitrogen and oxygen atoms in total. The average molecular weight is 150 g/mol. The van der Waals surface area contributed by atoms with Gasteiger partial charge in [-0.3, -0.25) is 4.79 Å². The summed E-state index contributed by atoms with van der Waals surface area (Å²) in [5, 5.41) is 2.56. The maximum atomic E-state index is 10.1. The third-order valence-corrected chi connectivity index (χ3v) is 1.59. The predicted molar refractivity (Wildman–Crippen MR) is 45.3 cm³/mol. The molecule has 11 heavy (non-hydrogen) atoms. The van der Waals surface area contributed by atoms with Crippen LogP contribution in [0, 0.1) is 6.92 Å². The average Bonchev–Trinajstić information content (AvgIpc) is 1.99. The molecule has 0 saturated heterocycles. The van der Waals surface area contributed by atoms with Gasteiger partial charge in [0.2, 0.25) is 6.41 Å². The number of amides is 1. The van der Waals surface area contributed by atoms with E-state index in [0.29, 0.717) is 12.1 Å². The van der Waals surface area contributed by atoms with E-state index in [2.05, 4.69) is 5.32 Å². The van der Waals surface area contributed by atoms with Gasteiger partial charge in [-0.1, -0.05) is 6.07 Å². The molecule has 0 atom stereocenters. The van der Waals surface area contributed by atoms with Gasteiger partial charge < -0.3 is 11.1 Å². The molecule has 0 bridgehead atoms. The summed E-state index contributed by atoms with van der Waals surface area (Å²) < 4.78 is 0. The third-order valence-electron chi connectivity index (χ3n) is 1.59. The van der Waals surface area contributed by atoms with Crippen LogP contribution < -0.4 is 11.1 Å². The summed E-state index contributed by atoms with van der Waals surface area (Å²) in [6.45, 7) is 1.86. The summed E-state index contributed by atoms with van der Waals surface area (Å²) in [4.78, 5) is 10.1. The number of rotatable bonds is 2. The molecule has 0 spiro atoms. The monoisotopic (exact) mass is 150 g/mol. The lowest BCUT2D eigenvalue weighted by molar-refractivity contribution is -0.105. The van der Waals surface area contributed by atoms with E-state index in [1.165, 1.54) is 0 Å². The van der Waals surface area contributed by atoms with Crippen molar-refractivity contribution in [1.29, 1.82) is 0 Å². The summed E-state index contributed by atoms with van der Waals surface area (Å²) in [6, 6.07) is 5.40. The molecular weight excluding hydrogens is 140 g/mol. The highest BCUT2D eigenvalue weighted by Gasteiger charge is 1.97. The van der Waals surface area contributed by atoms with Crippen LogP contribution in [0.15, 0.2) is 18.2 Å². The maximum absolute atomic E-state index is 10.1. The fourth-order valence-corrected chi connectivity index (χ4v) is 0.873. The largest absolute Gasteiger partial charge is 0.398 e. The number of nitrogen functional groups attached to an aromatic ring is 1. The third kappa shape index (κ3) is 1.49. The van der Waals surface area contributed by atoms with Gasteiger partial charge in [0.1, 0.15) is 0 Å². The quantitative estimate of drug-likeness (QED) is 0.490. The molecule has 58 valence electrons. The molecule has 0 heterocycles. The first-order valence-corrected chi connectivity index (χ1v) is 3.31. The maximum Gasteiger partial charge on any atom is 0.211 e.